The third kappa shape index (κ3) is 32.6. The summed E-state index contributed by atoms with van der Waals surface area (Å²) in [5.41, 5.74) is 5.25. The second-order valence-corrected chi connectivity index (χ2v) is 1.89. The molecular weight excluding hydrogens is 148 g/mol. The number of rotatable bonds is 5. The van der Waals surface area contributed by atoms with Crippen molar-refractivity contribution in [3.8, 4) is 0 Å². The highest BCUT2D eigenvalue weighted by molar-refractivity contribution is 4.45. The maximum absolute atomic E-state index is 5.25. The Hall–Kier alpha value is -0.0800. The van der Waals surface area contributed by atoms with Gasteiger partial charge in [-0.3, -0.25) is 0 Å². The first kappa shape index (κ1) is 17.9. The molecule has 0 spiro atoms. The summed E-state index contributed by atoms with van der Waals surface area (Å²) in [6.07, 6.45) is 2.53. The molecule has 2 heteroatoms. The van der Waals surface area contributed by atoms with Crippen LogP contribution in [0.25, 0.3) is 0 Å². The number of unbranched alkanes of at least 4 members (excludes halogenated alkanes) is 1. The van der Waals surface area contributed by atoms with E-state index < -0.39 is 0 Å². The fraction of sp³-hybridized carbons (Fsp3) is 1.00. The average molecular weight is 176 g/mol. The molecule has 0 aromatic rings. The van der Waals surface area contributed by atoms with E-state index in [-0.39, 0.29) is 0 Å². The van der Waals surface area contributed by atoms with Crippen LogP contribution in [0.15, 0.2) is 0 Å². The number of hydrogen-bond acceptors (Lipinski definition) is 2. The molecule has 0 bridgehead atoms. The van der Waals surface area contributed by atoms with Crippen LogP contribution in [0, 0.1) is 0 Å². The van der Waals surface area contributed by atoms with E-state index in [1.54, 1.807) is 0 Å². The van der Waals surface area contributed by atoms with Gasteiger partial charge in [0.1, 0.15) is 0 Å². The maximum Gasteiger partial charge on any atom is 0.00745 e. The fourth-order valence-corrected chi connectivity index (χ4v) is 0.529. The topological polar surface area (TPSA) is 38.0 Å². The maximum atomic E-state index is 5.25. The zero-order valence-corrected chi connectivity index (χ0v) is 9.61. The van der Waals surface area contributed by atoms with Gasteiger partial charge in [0, 0.05) is 13.1 Å². The lowest BCUT2D eigenvalue weighted by molar-refractivity contribution is 0.645. The lowest BCUT2D eigenvalue weighted by Gasteiger charge is -1.98. The summed E-state index contributed by atoms with van der Waals surface area (Å²) in [4.78, 5) is 0. The highest BCUT2D eigenvalue weighted by Gasteiger charge is 1.80. The number of hydrogen-bond donors (Lipinski definition) is 2. The fourth-order valence-electron chi connectivity index (χ4n) is 0.529. The molecule has 0 saturated carbocycles. The van der Waals surface area contributed by atoms with Gasteiger partial charge in [-0.15, -0.1) is 0 Å². The summed E-state index contributed by atoms with van der Waals surface area (Å²) >= 11 is 0. The van der Waals surface area contributed by atoms with Gasteiger partial charge >= 0.3 is 0 Å². The van der Waals surface area contributed by atoms with Gasteiger partial charge in [-0.05, 0) is 13.0 Å². The highest BCUT2D eigenvalue weighted by Crippen LogP contribution is 1.80. The monoisotopic (exact) mass is 176 g/mol. The Morgan fingerprint density at radius 2 is 1.50 bits per heavy atom. The standard InChI is InChI=1S/C6H16N2.2C2H6/c1-2-3-5-8-6-4-7;2*1-2/h8H,2-7H2,1H3;2*1-2H3. The molecule has 0 aliphatic carbocycles. The molecule has 0 heterocycles. The first-order chi connectivity index (χ1) is 5.91. The van der Waals surface area contributed by atoms with E-state index >= 15 is 0 Å². The van der Waals surface area contributed by atoms with Gasteiger partial charge in [-0.2, -0.15) is 0 Å². The second-order valence-electron chi connectivity index (χ2n) is 1.89. The van der Waals surface area contributed by atoms with Crippen molar-refractivity contribution < 1.29 is 0 Å². The van der Waals surface area contributed by atoms with Gasteiger partial charge in [0.25, 0.3) is 0 Å². The molecule has 12 heavy (non-hydrogen) atoms. The van der Waals surface area contributed by atoms with Crippen LogP contribution in [0.5, 0.6) is 0 Å². The van der Waals surface area contributed by atoms with E-state index in [0.29, 0.717) is 0 Å². The van der Waals surface area contributed by atoms with Crippen molar-refractivity contribution >= 4 is 0 Å². The molecule has 0 unspecified atom stereocenters. The van der Waals surface area contributed by atoms with Gasteiger partial charge in [-0.1, -0.05) is 41.0 Å². The van der Waals surface area contributed by atoms with Crippen LogP contribution in [0.2, 0.25) is 0 Å². The molecule has 0 aliphatic rings. The molecular formula is C10H28N2. The Morgan fingerprint density at radius 1 is 1.00 bits per heavy atom. The molecule has 78 valence electrons. The summed E-state index contributed by atoms with van der Waals surface area (Å²) < 4.78 is 0. The predicted molar refractivity (Wildman–Crippen MR) is 59.5 cm³/mol. The van der Waals surface area contributed by atoms with Crippen LogP contribution in [0.4, 0.5) is 0 Å². The Balaban J connectivity index is -0.000000175. The minimum Gasteiger partial charge on any atom is -0.329 e. The number of nitrogens with two attached hydrogens (primary N) is 1. The molecule has 0 aliphatic heterocycles. The van der Waals surface area contributed by atoms with Crippen LogP contribution in [0.1, 0.15) is 47.5 Å². The van der Waals surface area contributed by atoms with Gasteiger partial charge in [0.05, 0.1) is 0 Å². The van der Waals surface area contributed by atoms with E-state index in [1.165, 1.54) is 12.8 Å². The summed E-state index contributed by atoms with van der Waals surface area (Å²) in [5.74, 6) is 0. The minimum absolute atomic E-state index is 0.754. The highest BCUT2D eigenvalue weighted by atomic mass is 14.9. The molecule has 0 radical (unpaired) electrons. The van der Waals surface area contributed by atoms with Crippen LogP contribution in [0.3, 0.4) is 0 Å². The third-order valence-electron chi connectivity index (χ3n) is 1.03. The first-order valence-corrected chi connectivity index (χ1v) is 5.32. The van der Waals surface area contributed by atoms with Crippen molar-refractivity contribution in [3.63, 3.8) is 0 Å². The second kappa shape index (κ2) is 30.7. The normalized spacial score (nSPS) is 7.50. The summed E-state index contributed by atoms with van der Waals surface area (Å²) in [6.45, 7) is 13.0. The van der Waals surface area contributed by atoms with Crippen LogP contribution in [-0.4, -0.2) is 19.6 Å². The van der Waals surface area contributed by atoms with Gasteiger partial charge < -0.3 is 11.1 Å². The van der Waals surface area contributed by atoms with Gasteiger partial charge in [0.2, 0.25) is 0 Å². The average Bonchev–Trinajstić information content (AvgIpc) is 2.19. The molecule has 0 aromatic carbocycles. The van der Waals surface area contributed by atoms with Crippen molar-refractivity contribution in [1.29, 1.82) is 0 Å². The largest absolute Gasteiger partial charge is 0.329 e. The Bertz CT molecular complexity index is 32.8. The van der Waals surface area contributed by atoms with E-state index in [0.717, 1.165) is 19.6 Å². The van der Waals surface area contributed by atoms with Crippen LogP contribution < -0.4 is 11.1 Å². The molecule has 2 nitrogen and oxygen atoms in total. The zero-order chi connectivity index (χ0) is 10.2. The molecule has 0 aromatic heterocycles. The smallest absolute Gasteiger partial charge is 0.00745 e. The van der Waals surface area contributed by atoms with Crippen LogP contribution in [-0.2, 0) is 0 Å². The van der Waals surface area contributed by atoms with Crippen molar-refractivity contribution in [3.05, 3.63) is 0 Å². The SMILES string of the molecule is CC.CC.CCCCNCCN. The molecule has 0 saturated heterocycles. The summed E-state index contributed by atoms with van der Waals surface area (Å²) in [5, 5.41) is 3.21. The molecule has 3 N–H and O–H groups in total. The van der Waals surface area contributed by atoms with E-state index in [2.05, 4.69) is 12.2 Å². The van der Waals surface area contributed by atoms with Crippen LogP contribution >= 0.6 is 0 Å². The summed E-state index contributed by atoms with van der Waals surface area (Å²) in [7, 11) is 0. The van der Waals surface area contributed by atoms with E-state index in [9.17, 15) is 0 Å². The molecule has 0 atom stereocenters. The predicted octanol–water partition coefficient (Wildman–Crippen LogP) is 2.39. The first-order valence-electron chi connectivity index (χ1n) is 5.32. The summed E-state index contributed by atoms with van der Waals surface area (Å²) in [6, 6.07) is 0. The Kier molecular flexibility index (Phi) is 45.6. The lowest BCUT2D eigenvalue weighted by Crippen LogP contribution is -2.23. The minimum atomic E-state index is 0.754. The van der Waals surface area contributed by atoms with Crippen molar-refractivity contribution in [2.75, 3.05) is 19.6 Å². The van der Waals surface area contributed by atoms with Crippen molar-refractivity contribution in [2.24, 2.45) is 5.73 Å². The Labute approximate surface area is 78.9 Å². The van der Waals surface area contributed by atoms with E-state index in [4.69, 9.17) is 5.73 Å². The molecule has 0 amide bonds. The van der Waals surface area contributed by atoms with Crippen molar-refractivity contribution in [1.82, 2.24) is 5.32 Å². The lowest BCUT2D eigenvalue weighted by atomic mass is 10.3. The van der Waals surface area contributed by atoms with E-state index in [1.807, 2.05) is 27.7 Å². The molecule has 0 fully saturated rings. The molecule has 0 rings (SSSR count). The van der Waals surface area contributed by atoms with Gasteiger partial charge in [-0.25, -0.2) is 0 Å². The van der Waals surface area contributed by atoms with Crippen molar-refractivity contribution in [2.45, 2.75) is 47.5 Å². The number of nitrogens with one attached hydrogen (secondary N) is 1. The quantitative estimate of drug-likeness (QED) is 0.631. The van der Waals surface area contributed by atoms with Gasteiger partial charge in [0.15, 0.2) is 0 Å². The third-order valence-corrected chi connectivity index (χ3v) is 1.03. The zero-order valence-electron chi connectivity index (χ0n) is 9.61. The Morgan fingerprint density at radius 3 is 1.83 bits per heavy atom.